The fourth-order valence-electron chi connectivity index (χ4n) is 2.51. The molecule has 0 aromatic rings. The van der Waals surface area contributed by atoms with Gasteiger partial charge in [-0.15, -0.1) is 0 Å². The van der Waals surface area contributed by atoms with E-state index in [0.717, 1.165) is 32.7 Å². The Kier molecular flexibility index (Phi) is 3.38. The number of rotatable bonds is 3. The van der Waals surface area contributed by atoms with Crippen LogP contribution in [0, 0.1) is 11.8 Å². The lowest BCUT2D eigenvalue weighted by Crippen LogP contribution is -2.50. The number of hydrazine groups is 1. The van der Waals surface area contributed by atoms with Crippen molar-refractivity contribution in [3.8, 4) is 0 Å². The monoisotopic (exact) mass is 200 g/mol. The number of nitrogens with two attached hydrogens (primary N) is 1. The standard InChI is InChI=1S/C10H20N2O2/c1-7-2-5-14-10(7)9(12-11)8-3-4-13-6-8/h7-10,12H,2-6,11H2,1H3. The van der Waals surface area contributed by atoms with Gasteiger partial charge in [-0.25, -0.2) is 0 Å². The van der Waals surface area contributed by atoms with Gasteiger partial charge in [0.05, 0.1) is 18.8 Å². The Labute approximate surface area is 85.1 Å². The zero-order valence-corrected chi connectivity index (χ0v) is 8.74. The average Bonchev–Trinajstić information content (AvgIpc) is 2.80. The molecule has 0 radical (unpaired) electrons. The predicted octanol–water partition coefficient (Wildman–Crippen LogP) is 0.280. The first-order valence-corrected chi connectivity index (χ1v) is 5.48. The largest absolute Gasteiger partial charge is 0.381 e. The van der Waals surface area contributed by atoms with E-state index in [9.17, 15) is 0 Å². The Morgan fingerprint density at radius 1 is 1.36 bits per heavy atom. The van der Waals surface area contributed by atoms with Crippen LogP contribution in [-0.4, -0.2) is 32.0 Å². The van der Waals surface area contributed by atoms with Gasteiger partial charge in [0.1, 0.15) is 0 Å². The van der Waals surface area contributed by atoms with Crippen LogP contribution in [0.25, 0.3) is 0 Å². The Morgan fingerprint density at radius 2 is 2.21 bits per heavy atom. The van der Waals surface area contributed by atoms with Crippen molar-refractivity contribution in [2.24, 2.45) is 17.7 Å². The third kappa shape index (κ3) is 1.93. The Bertz CT molecular complexity index is 183. The zero-order chi connectivity index (χ0) is 9.97. The molecule has 2 heterocycles. The van der Waals surface area contributed by atoms with Crippen LogP contribution in [0.15, 0.2) is 0 Å². The van der Waals surface area contributed by atoms with Crippen LogP contribution in [0.1, 0.15) is 19.8 Å². The van der Waals surface area contributed by atoms with Crippen molar-refractivity contribution in [1.29, 1.82) is 0 Å². The minimum Gasteiger partial charge on any atom is -0.381 e. The highest BCUT2D eigenvalue weighted by Crippen LogP contribution is 2.29. The smallest absolute Gasteiger partial charge is 0.0771 e. The molecule has 3 N–H and O–H groups in total. The average molecular weight is 200 g/mol. The van der Waals surface area contributed by atoms with Crippen LogP contribution in [-0.2, 0) is 9.47 Å². The minimum absolute atomic E-state index is 0.259. The predicted molar refractivity (Wildman–Crippen MR) is 53.6 cm³/mol. The van der Waals surface area contributed by atoms with E-state index in [1.54, 1.807) is 0 Å². The molecule has 2 aliphatic rings. The van der Waals surface area contributed by atoms with Crippen LogP contribution in [0.5, 0.6) is 0 Å². The Morgan fingerprint density at radius 3 is 2.71 bits per heavy atom. The van der Waals surface area contributed by atoms with Crippen molar-refractivity contribution in [3.05, 3.63) is 0 Å². The van der Waals surface area contributed by atoms with Gasteiger partial charge in [-0.05, 0) is 18.8 Å². The van der Waals surface area contributed by atoms with Crippen LogP contribution in [0.4, 0.5) is 0 Å². The summed E-state index contributed by atoms with van der Waals surface area (Å²) < 4.78 is 11.1. The lowest BCUT2D eigenvalue weighted by atomic mass is 9.88. The van der Waals surface area contributed by atoms with Gasteiger partial charge in [0.2, 0.25) is 0 Å². The fraction of sp³-hybridized carbons (Fsp3) is 1.00. The molecule has 2 rings (SSSR count). The van der Waals surface area contributed by atoms with Gasteiger partial charge >= 0.3 is 0 Å². The van der Waals surface area contributed by atoms with E-state index in [-0.39, 0.29) is 12.1 Å². The summed E-state index contributed by atoms with van der Waals surface area (Å²) in [5.41, 5.74) is 2.91. The molecule has 0 amide bonds. The molecule has 0 aromatic heterocycles. The highest BCUT2D eigenvalue weighted by molar-refractivity contribution is 4.89. The van der Waals surface area contributed by atoms with Crippen molar-refractivity contribution in [1.82, 2.24) is 5.43 Å². The SMILES string of the molecule is CC1CCOC1C(NN)C1CCOC1. The molecule has 0 bridgehead atoms. The van der Waals surface area contributed by atoms with E-state index in [1.165, 1.54) is 0 Å². The van der Waals surface area contributed by atoms with E-state index in [4.69, 9.17) is 15.3 Å². The van der Waals surface area contributed by atoms with Gasteiger partial charge in [0, 0.05) is 19.1 Å². The molecule has 0 saturated carbocycles. The van der Waals surface area contributed by atoms with Crippen LogP contribution < -0.4 is 11.3 Å². The zero-order valence-electron chi connectivity index (χ0n) is 8.74. The molecular formula is C10H20N2O2. The molecule has 0 aromatic carbocycles. The van der Waals surface area contributed by atoms with Crippen LogP contribution >= 0.6 is 0 Å². The van der Waals surface area contributed by atoms with Crippen molar-refractivity contribution < 1.29 is 9.47 Å². The maximum Gasteiger partial charge on any atom is 0.0771 e. The molecule has 0 spiro atoms. The summed E-state index contributed by atoms with van der Waals surface area (Å²) in [6, 6.07) is 0.259. The second-order valence-corrected chi connectivity index (χ2v) is 4.42. The lowest BCUT2D eigenvalue weighted by Gasteiger charge is -2.29. The van der Waals surface area contributed by atoms with E-state index in [2.05, 4.69) is 12.3 Å². The summed E-state index contributed by atoms with van der Waals surface area (Å²) >= 11 is 0. The van der Waals surface area contributed by atoms with E-state index < -0.39 is 0 Å². The topological polar surface area (TPSA) is 56.5 Å². The number of nitrogens with one attached hydrogen (secondary N) is 1. The van der Waals surface area contributed by atoms with Gasteiger partial charge in [0.15, 0.2) is 0 Å². The second kappa shape index (κ2) is 4.57. The first kappa shape index (κ1) is 10.4. The van der Waals surface area contributed by atoms with E-state index in [0.29, 0.717) is 11.8 Å². The number of hydrogen-bond donors (Lipinski definition) is 2. The van der Waals surface area contributed by atoms with Gasteiger partial charge in [-0.2, -0.15) is 0 Å². The van der Waals surface area contributed by atoms with E-state index in [1.807, 2.05) is 0 Å². The minimum atomic E-state index is 0.259. The third-order valence-corrected chi connectivity index (χ3v) is 3.46. The molecule has 14 heavy (non-hydrogen) atoms. The fourth-order valence-corrected chi connectivity index (χ4v) is 2.51. The van der Waals surface area contributed by atoms with Crippen molar-refractivity contribution in [2.75, 3.05) is 19.8 Å². The quantitative estimate of drug-likeness (QED) is 0.507. The van der Waals surface area contributed by atoms with Crippen molar-refractivity contribution in [3.63, 3.8) is 0 Å². The Balaban J connectivity index is 1.96. The maximum atomic E-state index is 5.73. The highest BCUT2D eigenvalue weighted by atomic mass is 16.5. The van der Waals surface area contributed by atoms with E-state index >= 15 is 0 Å². The summed E-state index contributed by atoms with van der Waals surface area (Å²) in [6.45, 7) is 4.79. The van der Waals surface area contributed by atoms with Gasteiger partial charge in [-0.1, -0.05) is 6.92 Å². The molecule has 4 nitrogen and oxygen atoms in total. The van der Waals surface area contributed by atoms with Crippen molar-refractivity contribution in [2.45, 2.75) is 31.9 Å². The molecule has 0 aliphatic carbocycles. The normalized spacial score (nSPS) is 40.3. The molecule has 2 saturated heterocycles. The summed E-state index contributed by atoms with van der Waals surface area (Å²) in [6.07, 6.45) is 2.52. The first-order valence-electron chi connectivity index (χ1n) is 5.48. The first-order chi connectivity index (χ1) is 6.83. The van der Waals surface area contributed by atoms with Gasteiger partial charge in [-0.3, -0.25) is 11.3 Å². The molecule has 4 heteroatoms. The molecular weight excluding hydrogens is 180 g/mol. The highest BCUT2D eigenvalue weighted by Gasteiger charge is 2.37. The second-order valence-electron chi connectivity index (χ2n) is 4.42. The lowest BCUT2D eigenvalue weighted by molar-refractivity contribution is 0.0376. The molecule has 82 valence electrons. The summed E-state index contributed by atoms with van der Waals surface area (Å²) in [7, 11) is 0. The summed E-state index contributed by atoms with van der Waals surface area (Å²) in [5.74, 6) is 6.74. The van der Waals surface area contributed by atoms with Gasteiger partial charge < -0.3 is 9.47 Å². The number of ether oxygens (including phenoxy) is 2. The summed E-state index contributed by atoms with van der Waals surface area (Å²) in [5, 5.41) is 0. The van der Waals surface area contributed by atoms with Gasteiger partial charge in [0.25, 0.3) is 0 Å². The van der Waals surface area contributed by atoms with Crippen LogP contribution in [0.2, 0.25) is 0 Å². The maximum absolute atomic E-state index is 5.73. The third-order valence-electron chi connectivity index (χ3n) is 3.46. The molecule has 2 fully saturated rings. The number of hydrogen-bond acceptors (Lipinski definition) is 4. The molecule has 4 unspecified atom stereocenters. The molecule has 4 atom stereocenters. The molecule has 2 aliphatic heterocycles. The Hall–Kier alpha value is -0.160. The van der Waals surface area contributed by atoms with Crippen LogP contribution in [0.3, 0.4) is 0 Å². The van der Waals surface area contributed by atoms with Crippen molar-refractivity contribution >= 4 is 0 Å². The summed E-state index contributed by atoms with van der Waals surface area (Å²) in [4.78, 5) is 0.